The Morgan fingerprint density at radius 2 is 1.69 bits per heavy atom. The highest BCUT2D eigenvalue weighted by Crippen LogP contribution is 2.27. The zero-order chi connectivity index (χ0) is 21.4. The molecule has 0 aliphatic rings. The second-order valence-corrected chi connectivity index (χ2v) is 5.83. The summed E-state index contributed by atoms with van der Waals surface area (Å²) in [4.78, 5) is 24.5. The van der Waals surface area contributed by atoms with E-state index in [9.17, 15) is 18.4 Å². The lowest BCUT2D eigenvalue weighted by molar-refractivity contribution is -0.129. The van der Waals surface area contributed by atoms with Crippen LogP contribution in [0.4, 0.5) is 8.78 Å². The number of hydrogen-bond donors (Lipinski definition) is 1. The molecule has 0 unspecified atom stereocenters. The Morgan fingerprint density at radius 3 is 2.34 bits per heavy atom. The van der Waals surface area contributed by atoms with Crippen molar-refractivity contribution in [3.8, 4) is 17.2 Å². The number of amides is 1. The highest BCUT2D eigenvalue weighted by atomic mass is 19.3. The predicted molar refractivity (Wildman–Crippen MR) is 99.3 cm³/mol. The van der Waals surface area contributed by atoms with Crippen molar-refractivity contribution in [2.45, 2.75) is 26.2 Å². The van der Waals surface area contributed by atoms with Crippen molar-refractivity contribution >= 4 is 11.9 Å². The van der Waals surface area contributed by atoms with Gasteiger partial charge in [0.2, 0.25) is 0 Å². The summed E-state index contributed by atoms with van der Waals surface area (Å²) in [6.45, 7) is -1.56. The van der Waals surface area contributed by atoms with Gasteiger partial charge in [-0.3, -0.25) is 4.79 Å². The quantitative estimate of drug-likeness (QED) is 0.641. The average Bonchev–Trinajstić information content (AvgIpc) is 2.71. The Kier molecular flexibility index (Phi) is 7.76. The van der Waals surface area contributed by atoms with Crippen LogP contribution in [-0.2, 0) is 16.1 Å². The number of hydrogen-bond acceptors (Lipinski definition) is 6. The van der Waals surface area contributed by atoms with E-state index in [2.05, 4.69) is 10.1 Å². The Labute approximate surface area is 166 Å². The first-order valence-corrected chi connectivity index (χ1v) is 8.59. The fourth-order valence-corrected chi connectivity index (χ4v) is 2.44. The summed E-state index contributed by atoms with van der Waals surface area (Å²) in [6, 6.07) is 10.5. The fourth-order valence-electron chi connectivity index (χ4n) is 2.44. The molecule has 0 aromatic heterocycles. The number of methoxy groups -OCH3 is 2. The van der Waals surface area contributed by atoms with Gasteiger partial charge in [-0.2, -0.15) is 8.78 Å². The van der Waals surface area contributed by atoms with Crippen molar-refractivity contribution in [2.24, 2.45) is 0 Å². The number of alkyl halides is 2. The van der Waals surface area contributed by atoms with Gasteiger partial charge >= 0.3 is 12.6 Å². The molecule has 2 aromatic rings. The molecule has 1 amide bonds. The second-order valence-electron chi connectivity index (χ2n) is 5.83. The van der Waals surface area contributed by atoms with E-state index in [1.165, 1.54) is 45.4 Å². The third-order valence-electron chi connectivity index (χ3n) is 3.89. The van der Waals surface area contributed by atoms with E-state index >= 15 is 0 Å². The lowest BCUT2D eigenvalue weighted by atomic mass is 10.2. The van der Waals surface area contributed by atoms with Crippen LogP contribution >= 0.6 is 0 Å². The third-order valence-corrected chi connectivity index (χ3v) is 3.89. The minimum atomic E-state index is -3.09. The topological polar surface area (TPSA) is 83.1 Å². The largest absolute Gasteiger partial charge is 0.493 e. The Hall–Kier alpha value is -3.36. The van der Waals surface area contributed by atoms with E-state index in [-0.39, 0.29) is 17.9 Å². The van der Waals surface area contributed by atoms with E-state index in [1.54, 1.807) is 18.2 Å². The van der Waals surface area contributed by atoms with Gasteiger partial charge in [0.25, 0.3) is 5.91 Å². The van der Waals surface area contributed by atoms with Crippen LogP contribution in [0.1, 0.15) is 22.8 Å². The van der Waals surface area contributed by atoms with Crippen LogP contribution in [0.5, 0.6) is 17.2 Å². The smallest absolute Gasteiger partial charge is 0.387 e. The minimum absolute atomic E-state index is 0.159. The molecule has 0 radical (unpaired) electrons. The number of ether oxygens (including phenoxy) is 4. The summed E-state index contributed by atoms with van der Waals surface area (Å²) in [6.07, 6.45) is -1.15. The van der Waals surface area contributed by atoms with Crippen molar-refractivity contribution in [1.82, 2.24) is 5.32 Å². The zero-order valence-electron chi connectivity index (χ0n) is 16.1. The minimum Gasteiger partial charge on any atom is -0.493 e. The number of nitrogens with one attached hydrogen (secondary N) is 1. The molecule has 2 aromatic carbocycles. The highest BCUT2D eigenvalue weighted by molar-refractivity contribution is 5.94. The van der Waals surface area contributed by atoms with Crippen LogP contribution in [0.25, 0.3) is 0 Å². The second kappa shape index (κ2) is 10.3. The fraction of sp³-hybridized carbons (Fsp3) is 0.300. The first-order valence-electron chi connectivity index (χ1n) is 8.59. The number of para-hydroxylation sites is 1. The van der Waals surface area contributed by atoms with Crippen LogP contribution in [0, 0.1) is 0 Å². The van der Waals surface area contributed by atoms with E-state index in [0.29, 0.717) is 11.5 Å². The molecule has 0 bridgehead atoms. The molecule has 0 saturated carbocycles. The maximum absolute atomic E-state index is 12.5. The summed E-state index contributed by atoms with van der Waals surface area (Å²) in [5.41, 5.74) is 0.539. The molecule has 0 aliphatic carbocycles. The number of benzene rings is 2. The van der Waals surface area contributed by atoms with Gasteiger partial charge in [-0.1, -0.05) is 18.2 Å². The normalized spacial score (nSPS) is 11.5. The lowest BCUT2D eigenvalue weighted by Gasteiger charge is -2.15. The molecule has 0 saturated heterocycles. The van der Waals surface area contributed by atoms with Crippen LogP contribution in [0.15, 0.2) is 42.5 Å². The Balaban J connectivity index is 1.96. The molecule has 0 heterocycles. The van der Waals surface area contributed by atoms with Gasteiger partial charge in [0, 0.05) is 6.54 Å². The van der Waals surface area contributed by atoms with Crippen LogP contribution in [-0.4, -0.2) is 38.8 Å². The van der Waals surface area contributed by atoms with Gasteiger partial charge in [0.1, 0.15) is 11.3 Å². The van der Waals surface area contributed by atoms with Crippen LogP contribution in [0.3, 0.4) is 0 Å². The van der Waals surface area contributed by atoms with E-state index < -0.39 is 24.6 Å². The van der Waals surface area contributed by atoms with E-state index in [1.807, 2.05) is 0 Å². The summed E-state index contributed by atoms with van der Waals surface area (Å²) >= 11 is 0. The van der Waals surface area contributed by atoms with Gasteiger partial charge in [0.15, 0.2) is 17.6 Å². The highest BCUT2D eigenvalue weighted by Gasteiger charge is 2.22. The molecular weight excluding hydrogens is 388 g/mol. The molecule has 29 heavy (non-hydrogen) atoms. The standard InChI is InChI=1S/C20H21F2NO6/c1-12(28-19(25)14-6-4-5-7-15(14)29-20(21)22)18(24)23-11-13-8-9-16(26-2)17(10-13)27-3/h4-10,12,20H,11H2,1-3H3,(H,23,24)/t12-/m1/s1. The molecular formula is C20H21F2NO6. The number of rotatable bonds is 9. The SMILES string of the molecule is COc1ccc(CNC(=O)[C@@H](C)OC(=O)c2ccccc2OC(F)F)cc1OC. The summed E-state index contributed by atoms with van der Waals surface area (Å²) in [7, 11) is 3.01. The first kappa shape index (κ1) is 21.9. The van der Waals surface area contributed by atoms with Crippen LogP contribution in [0.2, 0.25) is 0 Å². The molecule has 1 N–H and O–H groups in total. The van der Waals surface area contributed by atoms with Gasteiger partial charge in [-0.25, -0.2) is 4.79 Å². The summed E-state index contributed by atoms with van der Waals surface area (Å²) in [5, 5.41) is 2.63. The van der Waals surface area contributed by atoms with E-state index in [4.69, 9.17) is 14.2 Å². The molecule has 7 nitrogen and oxygen atoms in total. The Morgan fingerprint density at radius 1 is 1.00 bits per heavy atom. The lowest BCUT2D eigenvalue weighted by Crippen LogP contribution is -2.35. The number of carbonyl (C=O) groups excluding carboxylic acids is 2. The van der Waals surface area contributed by atoms with E-state index in [0.717, 1.165) is 5.56 Å². The summed E-state index contributed by atoms with van der Waals surface area (Å²) in [5.74, 6) is -0.773. The molecule has 0 aliphatic heterocycles. The summed E-state index contributed by atoms with van der Waals surface area (Å²) < 4.78 is 44.6. The maximum Gasteiger partial charge on any atom is 0.387 e. The van der Waals surface area contributed by atoms with Crippen molar-refractivity contribution in [3.05, 3.63) is 53.6 Å². The molecule has 1 atom stereocenters. The Bertz CT molecular complexity index is 859. The van der Waals surface area contributed by atoms with Crippen molar-refractivity contribution in [3.63, 3.8) is 0 Å². The van der Waals surface area contributed by atoms with Crippen molar-refractivity contribution < 1.29 is 37.3 Å². The number of esters is 1. The maximum atomic E-state index is 12.5. The van der Waals surface area contributed by atoms with Crippen LogP contribution < -0.4 is 19.5 Å². The predicted octanol–water partition coefficient (Wildman–Crippen LogP) is 3.17. The van der Waals surface area contributed by atoms with Gasteiger partial charge < -0.3 is 24.3 Å². The molecule has 0 spiro atoms. The molecule has 2 rings (SSSR count). The molecule has 9 heteroatoms. The monoisotopic (exact) mass is 409 g/mol. The third kappa shape index (κ3) is 6.06. The first-order chi connectivity index (χ1) is 13.8. The molecule has 156 valence electrons. The zero-order valence-corrected chi connectivity index (χ0v) is 16.1. The number of carbonyl (C=O) groups is 2. The van der Waals surface area contributed by atoms with Gasteiger partial charge in [0.05, 0.1) is 14.2 Å². The molecule has 0 fully saturated rings. The average molecular weight is 409 g/mol. The van der Waals surface area contributed by atoms with Crippen molar-refractivity contribution in [2.75, 3.05) is 14.2 Å². The van der Waals surface area contributed by atoms with Crippen molar-refractivity contribution in [1.29, 1.82) is 0 Å². The van der Waals surface area contributed by atoms with Gasteiger partial charge in [-0.05, 0) is 36.8 Å². The van der Waals surface area contributed by atoms with Gasteiger partial charge in [-0.15, -0.1) is 0 Å². The number of halogens is 2.